The Morgan fingerprint density at radius 2 is 1.43 bits per heavy atom. The van der Waals surface area contributed by atoms with Gasteiger partial charge in [0.2, 0.25) is 47.3 Å². The summed E-state index contributed by atoms with van der Waals surface area (Å²) in [5, 5.41) is 16.1. The number of hydrogen-bond donors (Lipinski definition) is 7. The summed E-state index contributed by atoms with van der Waals surface area (Å²) in [7, 11) is 3.08. The van der Waals surface area contributed by atoms with Gasteiger partial charge in [-0.15, -0.1) is 0 Å². The van der Waals surface area contributed by atoms with Crippen LogP contribution in [0.1, 0.15) is 59.4 Å². The Morgan fingerprint density at radius 3 is 1.98 bits per heavy atom. The number of primary amides is 1. The molecule has 6 atom stereocenters. The molecule has 0 saturated carbocycles. The number of benzene rings is 1. The lowest BCUT2D eigenvalue weighted by Gasteiger charge is -2.32. The fourth-order valence-corrected chi connectivity index (χ4v) is 9.09. The van der Waals surface area contributed by atoms with Crippen molar-refractivity contribution in [1.82, 2.24) is 46.1 Å². The summed E-state index contributed by atoms with van der Waals surface area (Å²) in [6.45, 7) is 8.40. The van der Waals surface area contributed by atoms with Crippen LogP contribution < -0.4 is 42.2 Å². The predicted octanol–water partition coefficient (Wildman–Crippen LogP) is -0.675. The fourth-order valence-electron chi connectivity index (χ4n) is 6.77. The number of amides is 8. The van der Waals surface area contributed by atoms with Gasteiger partial charge in [-0.3, -0.25) is 38.4 Å². The average Bonchev–Trinajstić information content (AvgIpc) is 3.67. The second kappa shape index (κ2) is 22.9. The zero-order valence-electron chi connectivity index (χ0n) is 36.4. The molecule has 8 N–H and O–H groups in total. The molecule has 0 radical (unpaired) electrons. The topological polar surface area (TPSA) is 271 Å². The highest BCUT2D eigenvalue weighted by Gasteiger charge is 2.40. The molecule has 2 saturated heterocycles. The first-order valence-electron chi connectivity index (χ1n) is 20.2. The van der Waals surface area contributed by atoms with Crippen molar-refractivity contribution in [2.24, 2.45) is 17.6 Å². The van der Waals surface area contributed by atoms with Gasteiger partial charge in [-0.1, -0.05) is 39.8 Å². The lowest BCUT2D eigenvalue weighted by Crippen LogP contribution is -2.61. The molecular formula is C39H63N10O10PS. The molecule has 0 unspecified atom stereocenters. The Morgan fingerprint density at radius 1 is 0.852 bits per heavy atom. The first-order valence-corrected chi connectivity index (χ1v) is 22.9. The molecule has 1 aromatic rings. The average molecular weight is 895 g/mol. The molecule has 3 rings (SSSR count). The third-order valence-corrected chi connectivity index (χ3v) is 13.6. The molecular weight excluding hydrogens is 832 g/mol. The Bertz CT molecular complexity index is 1800. The van der Waals surface area contributed by atoms with Crippen molar-refractivity contribution in [1.29, 1.82) is 0 Å². The lowest BCUT2D eigenvalue weighted by atomic mass is 9.99. The highest BCUT2D eigenvalue weighted by molar-refractivity contribution is 7.99. The largest absolute Gasteiger partial charge is 0.422 e. The van der Waals surface area contributed by atoms with Crippen LogP contribution in [-0.4, -0.2) is 151 Å². The summed E-state index contributed by atoms with van der Waals surface area (Å²) in [6, 6.07) is -0.822. The second-order valence-electron chi connectivity index (χ2n) is 16.2. The third kappa shape index (κ3) is 14.4. The van der Waals surface area contributed by atoms with Gasteiger partial charge >= 0.3 is 7.67 Å². The standard InChI is InChI=1S/C39H63N10O10PS/c1-22(2)32-38(56)44-28(20-31(40)51)35(53)46-33(23(3)4)39(57)49-17-10-11-30(49)37(55)41-16-18-61-21-29(42-24(5)50)36(54)43-27(34(52)45-32)19-25-12-14-26(15-13-25)59-60(58,47(6)7)48(8)9/h12-15,22-23,27-30,32-33H,10-11,16-21H2,1-9H3,(H2,40,51)(H,41,55)(H,42,50)(H,43,54)(H,44,56)(H,45,52)(H,46,53)/t27-,28-,29-,30-,32-,33-/m0/s1. The molecule has 8 amide bonds. The molecule has 22 heteroatoms. The van der Waals surface area contributed by atoms with Crippen molar-refractivity contribution >= 4 is 66.7 Å². The van der Waals surface area contributed by atoms with E-state index in [1.165, 1.54) is 32.9 Å². The van der Waals surface area contributed by atoms with Crippen LogP contribution in [0.3, 0.4) is 0 Å². The lowest BCUT2D eigenvalue weighted by molar-refractivity contribution is -0.143. The number of carbonyl (C=O) groups is 8. The van der Waals surface area contributed by atoms with E-state index < -0.39 is 109 Å². The summed E-state index contributed by atoms with van der Waals surface area (Å²) < 4.78 is 22.2. The van der Waals surface area contributed by atoms with Crippen LogP contribution in [0.5, 0.6) is 5.75 Å². The first kappa shape index (κ1) is 50.6. The molecule has 340 valence electrons. The Kier molecular flexibility index (Phi) is 19.0. The van der Waals surface area contributed by atoms with Gasteiger partial charge in [0.15, 0.2) is 0 Å². The van der Waals surface area contributed by atoms with E-state index in [9.17, 15) is 42.9 Å². The number of nitrogens with one attached hydrogen (secondary N) is 6. The molecule has 0 aromatic heterocycles. The summed E-state index contributed by atoms with van der Waals surface area (Å²) in [5.41, 5.74) is 6.04. The van der Waals surface area contributed by atoms with Gasteiger partial charge in [-0.05, 0) is 70.6 Å². The number of nitrogens with zero attached hydrogens (tertiary/aromatic N) is 3. The quantitative estimate of drug-likeness (QED) is 0.136. The summed E-state index contributed by atoms with van der Waals surface area (Å²) in [4.78, 5) is 109. The molecule has 20 nitrogen and oxygen atoms in total. The van der Waals surface area contributed by atoms with E-state index in [0.29, 0.717) is 24.2 Å². The van der Waals surface area contributed by atoms with Crippen molar-refractivity contribution in [3.05, 3.63) is 29.8 Å². The minimum Gasteiger partial charge on any atom is -0.422 e. The van der Waals surface area contributed by atoms with Gasteiger partial charge in [0, 0.05) is 37.9 Å². The van der Waals surface area contributed by atoms with Gasteiger partial charge in [0.05, 0.1) is 6.42 Å². The molecule has 2 aliphatic rings. The van der Waals surface area contributed by atoms with Crippen LogP contribution in [0.15, 0.2) is 24.3 Å². The van der Waals surface area contributed by atoms with Gasteiger partial charge in [0.25, 0.3) is 0 Å². The van der Waals surface area contributed by atoms with Crippen LogP contribution in [0.25, 0.3) is 0 Å². The van der Waals surface area contributed by atoms with E-state index in [1.54, 1.807) is 80.2 Å². The van der Waals surface area contributed by atoms with Crippen molar-refractivity contribution in [2.45, 2.75) is 96.6 Å². The van der Waals surface area contributed by atoms with E-state index in [-0.39, 0.29) is 31.0 Å². The summed E-state index contributed by atoms with van der Waals surface area (Å²) in [6.07, 6.45) is 0.199. The van der Waals surface area contributed by atoms with Crippen molar-refractivity contribution in [3.63, 3.8) is 0 Å². The normalized spacial score (nSPS) is 24.5. The monoisotopic (exact) mass is 894 g/mol. The zero-order chi connectivity index (χ0) is 45.8. The maximum absolute atomic E-state index is 14.2. The van der Waals surface area contributed by atoms with Crippen molar-refractivity contribution in [3.8, 4) is 5.75 Å². The van der Waals surface area contributed by atoms with E-state index in [1.807, 2.05) is 0 Å². The maximum atomic E-state index is 14.2. The van der Waals surface area contributed by atoms with Crippen molar-refractivity contribution in [2.75, 3.05) is 52.8 Å². The smallest absolute Gasteiger partial charge is 0.394 e. The molecule has 0 aliphatic carbocycles. The molecule has 61 heavy (non-hydrogen) atoms. The predicted molar refractivity (Wildman–Crippen MR) is 230 cm³/mol. The van der Waals surface area contributed by atoms with E-state index in [4.69, 9.17) is 10.3 Å². The van der Waals surface area contributed by atoms with E-state index in [0.717, 1.165) is 0 Å². The minimum atomic E-state index is -3.40. The molecule has 2 fully saturated rings. The van der Waals surface area contributed by atoms with Crippen LogP contribution in [0, 0.1) is 11.8 Å². The summed E-state index contributed by atoms with van der Waals surface area (Å²) >= 11 is 1.27. The molecule has 2 aliphatic heterocycles. The highest BCUT2D eigenvalue weighted by atomic mass is 32.2. The molecule has 0 spiro atoms. The van der Waals surface area contributed by atoms with Crippen LogP contribution in [0.2, 0.25) is 0 Å². The minimum absolute atomic E-state index is 0.0710. The third-order valence-electron chi connectivity index (χ3n) is 10.1. The number of fused-ring (bicyclic) bond motifs is 1. The van der Waals surface area contributed by atoms with Crippen LogP contribution in [-0.2, 0) is 49.3 Å². The molecule has 2 heterocycles. The van der Waals surface area contributed by atoms with E-state index >= 15 is 0 Å². The SMILES string of the molecule is CC(=O)N[C@H]1CSCCNC(=O)[C@@H]2CCCN2C(=O)[C@H](C(C)C)NC(=O)[C@H](CC(N)=O)NC(=O)[C@H](C(C)C)NC(=O)[C@H](Cc2ccc(OP(=O)(N(C)C)N(C)C)cc2)NC1=O. The van der Waals surface area contributed by atoms with Crippen LogP contribution >= 0.6 is 19.4 Å². The van der Waals surface area contributed by atoms with Gasteiger partial charge in [-0.25, -0.2) is 13.9 Å². The first-order chi connectivity index (χ1) is 28.5. The fraction of sp³-hybridized carbons (Fsp3) is 0.641. The van der Waals surface area contributed by atoms with Crippen LogP contribution in [0.4, 0.5) is 0 Å². The van der Waals surface area contributed by atoms with E-state index in [2.05, 4.69) is 31.9 Å². The Hall–Kier alpha value is -4.72. The van der Waals surface area contributed by atoms with Crippen molar-refractivity contribution < 1.29 is 47.4 Å². The summed E-state index contributed by atoms with van der Waals surface area (Å²) in [5.74, 6) is -5.89. The Balaban J connectivity index is 2.03. The van der Waals surface area contributed by atoms with Gasteiger partial charge < -0.3 is 47.1 Å². The molecule has 0 bridgehead atoms. The maximum Gasteiger partial charge on any atom is 0.394 e. The number of rotatable bonds is 11. The number of carbonyl (C=O) groups excluding carboxylic acids is 8. The zero-order valence-corrected chi connectivity index (χ0v) is 38.2. The molecule has 1 aromatic carbocycles. The second-order valence-corrected chi connectivity index (χ2v) is 20.1. The Labute approximate surface area is 361 Å². The number of nitrogens with two attached hydrogens (primary N) is 1. The number of thioether (sulfide) groups is 1. The van der Waals surface area contributed by atoms with Gasteiger partial charge in [-0.2, -0.15) is 11.8 Å². The highest BCUT2D eigenvalue weighted by Crippen LogP contribution is 2.50. The number of hydrogen-bond acceptors (Lipinski definition) is 11. The van der Waals surface area contributed by atoms with Gasteiger partial charge in [0.1, 0.15) is 42.0 Å².